The summed E-state index contributed by atoms with van der Waals surface area (Å²) >= 11 is 9.82. The van der Waals surface area contributed by atoms with E-state index in [4.69, 9.17) is 22.1 Å². The first-order valence-corrected chi connectivity index (χ1v) is 10.5. The first kappa shape index (κ1) is 21.7. The number of carboxylic acids is 1. The fourth-order valence-electron chi connectivity index (χ4n) is 2.51. The first-order chi connectivity index (χ1) is 12.8. The summed E-state index contributed by atoms with van der Waals surface area (Å²) in [7, 11) is 0. The minimum Gasteiger partial charge on any atom is -0.503 e. The van der Waals surface area contributed by atoms with Crippen molar-refractivity contribution in [1.82, 2.24) is 4.90 Å². The Morgan fingerprint density at radius 1 is 1.37 bits per heavy atom. The van der Waals surface area contributed by atoms with Crippen molar-refractivity contribution < 1.29 is 24.5 Å². The normalized spacial score (nSPS) is 15.6. The summed E-state index contributed by atoms with van der Waals surface area (Å²) in [5.74, 6) is -0.615. The number of benzene rings is 1. The van der Waals surface area contributed by atoms with E-state index in [0.29, 0.717) is 51.0 Å². The molecule has 9 heteroatoms. The van der Waals surface area contributed by atoms with Crippen molar-refractivity contribution in [2.24, 2.45) is 0 Å². The lowest BCUT2D eigenvalue weighted by atomic mass is 10.1. The predicted molar refractivity (Wildman–Crippen MR) is 113 cm³/mol. The van der Waals surface area contributed by atoms with E-state index in [-0.39, 0.29) is 18.1 Å². The highest BCUT2D eigenvalue weighted by atomic mass is 79.9. The van der Waals surface area contributed by atoms with Crippen molar-refractivity contribution in [3.05, 3.63) is 27.1 Å². The van der Waals surface area contributed by atoms with Crippen molar-refractivity contribution in [3.8, 4) is 11.5 Å². The van der Waals surface area contributed by atoms with Crippen LogP contribution in [-0.4, -0.2) is 44.5 Å². The molecule has 1 fully saturated rings. The van der Waals surface area contributed by atoms with Crippen LogP contribution < -0.4 is 4.74 Å². The van der Waals surface area contributed by atoms with Gasteiger partial charge in [-0.15, -0.1) is 0 Å². The second-order valence-electron chi connectivity index (χ2n) is 5.82. The van der Waals surface area contributed by atoms with Crippen LogP contribution >= 0.6 is 39.9 Å². The standard InChI is InChI=1S/C18H20BrNO5S2/c1-2-25-13-9-11(8-12(19)16(13)23)10-14-17(24)20(18(26)27-14)7-5-3-4-6-15(21)22/h8-10,23H,2-7H2,1H3,(H,21,22)/b14-10-. The number of phenols is 1. The number of aromatic hydroxyl groups is 1. The van der Waals surface area contributed by atoms with Crippen molar-refractivity contribution >= 4 is 62.2 Å². The summed E-state index contributed by atoms with van der Waals surface area (Å²) in [6.07, 6.45) is 3.87. The molecule has 0 saturated carbocycles. The summed E-state index contributed by atoms with van der Waals surface area (Å²) in [5, 5.41) is 18.6. The molecule has 0 unspecified atom stereocenters. The number of aliphatic carboxylic acids is 1. The molecular weight excluding hydrogens is 454 g/mol. The fourth-order valence-corrected chi connectivity index (χ4v) is 4.28. The van der Waals surface area contributed by atoms with Gasteiger partial charge in [0.05, 0.1) is 16.0 Å². The smallest absolute Gasteiger partial charge is 0.303 e. The van der Waals surface area contributed by atoms with E-state index in [9.17, 15) is 14.7 Å². The Kier molecular flexibility index (Phi) is 8.12. The van der Waals surface area contributed by atoms with Crippen LogP contribution in [0.3, 0.4) is 0 Å². The molecule has 1 aromatic carbocycles. The Morgan fingerprint density at radius 2 is 2.11 bits per heavy atom. The number of thioether (sulfide) groups is 1. The summed E-state index contributed by atoms with van der Waals surface area (Å²) in [5.41, 5.74) is 0.713. The average molecular weight is 474 g/mol. The van der Waals surface area contributed by atoms with Crippen LogP contribution in [0, 0.1) is 0 Å². The third kappa shape index (κ3) is 5.95. The first-order valence-electron chi connectivity index (χ1n) is 8.46. The summed E-state index contributed by atoms with van der Waals surface area (Å²) < 4.78 is 6.38. The molecule has 1 amide bonds. The molecule has 1 aromatic rings. The fraction of sp³-hybridized carbons (Fsp3) is 0.389. The number of carboxylic acid groups (broad SMARTS) is 1. The van der Waals surface area contributed by atoms with E-state index in [0.717, 1.165) is 6.42 Å². The number of hydrogen-bond donors (Lipinski definition) is 2. The van der Waals surface area contributed by atoms with Gasteiger partial charge in [0, 0.05) is 13.0 Å². The van der Waals surface area contributed by atoms with Crippen LogP contribution in [0.2, 0.25) is 0 Å². The van der Waals surface area contributed by atoms with Crippen molar-refractivity contribution in [2.45, 2.75) is 32.6 Å². The quantitative estimate of drug-likeness (QED) is 0.312. The third-order valence-electron chi connectivity index (χ3n) is 3.79. The molecule has 146 valence electrons. The molecule has 1 aliphatic rings. The number of amides is 1. The number of nitrogens with zero attached hydrogens (tertiary/aromatic N) is 1. The van der Waals surface area contributed by atoms with E-state index >= 15 is 0 Å². The molecule has 0 radical (unpaired) electrons. The minimum absolute atomic E-state index is 0.0166. The van der Waals surface area contributed by atoms with Crippen LogP contribution in [0.4, 0.5) is 0 Å². The second-order valence-corrected chi connectivity index (χ2v) is 8.35. The monoisotopic (exact) mass is 473 g/mol. The molecule has 0 spiro atoms. The molecule has 6 nitrogen and oxygen atoms in total. The van der Waals surface area contributed by atoms with Gasteiger partial charge in [0.2, 0.25) is 0 Å². The molecule has 0 aromatic heterocycles. The lowest BCUT2D eigenvalue weighted by molar-refractivity contribution is -0.137. The van der Waals surface area contributed by atoms with Crippen LogP contribution in [0.25, 0.3) is 6.08 Å². The van der Waals surface area contributed by atoms with Crippen molar-refractivity contribution in [1.29, 1.82) is 0 Å². The van der Waals surface area contributed by atoms with E-state index in [2.05, 4.69) is 15.9 Å². The van der Waals surface area contributed by atoms with E-state index in [1.165, 1.54) is 11.8 Å². The highest BCUT2D eigenvalue weighted by Crippen LogP contribution is 2.38. The third-order valence-corrected chi connectivity index (χ3v) is 5.78. The number of carbonyl (C=O) groups is 2. The molecule has 0 bridgehead atoms. The number of unbranched alkanes of at least 4 members (excludes halogenated alkanes) is 2. The molecule has 1 saturated heterocycles. The largest absolute Gasteiger partial charge is 0.503 e. The number of ether oxygens (including phenoxy) is 1. The zero-order chi connectivity index (χ0) is 20.0. The van der Waals surface area contributed by atoms with Crippen LogP contribution in [0.15, 0.2) is 21.5 Å². The molecule has 2 rings (SSSR count). The van der Waals surface area contributed by atoms with E-state index < -0.39 is 5.97 Å². The topological polar surface area (TPSA) is 87.1 Å². The van der Waals surface area contributed by atoms with Gasteiger partial charge in [-0.05, 0) is 59.5 Å². The maximum Gasteiger partial charge on any atom is 0.303 e. The average Bonchev–Trinajstić information content (AvgIpc) is 2.86. The number of halogens is 1. The molecule has 2 N–H and O–H groups in total. The van der Waals surface area contributed by atoms with E-state index in [1.54, 1.807) is 23.1 Å². The van der Waals surface area contributed by atoms with Gasteiger partial charge < -0.3 is 14.9 Å². The summed E-state index contributed by atoms with van der Waals surface area (Å²) in [6.45, 7) is 2.71. The van der Waals surface area contributed by atoms with Gasteiger partial charge in [0.15, 0.2) is 11.5 Å². The Balaban J connectivity index is 2.06. The Hall–Kier alpha value is -1.58. The molecule has 27 heavy (non-hydrogen) atoms. The van der Waals surface area contributed by atoms with Gasteiger partial charge in [-0.25, -0.2) is 0 Å². The lowest BCUT2D eigenvalue weighted by Gasteiger charge is -2.13. The van der Waals surface area contributed by atoms with Gasteiger partial charge >= 0.3 is 5.97 Å². The molecule has 0 atom stereocenters. The molecule has 1 heterocycles. The summed E-state index contributed by atoms with van der Waals surface area (Å²) in [6, 6.07) is 3.37. The number of phenolic OH excluding ortho intramolecular Hbond substituents is 1. The van der Waals surface area contributed by atoms with Gasteiger partial charge in [-0.2, -0.15) is 0 Å². The second kappa shape index (κ2) is 10.1. The zero-order valence-corrected chi connectivity index (χ0v) is 18.0. The highest BCUT2D eigenvalue weighted by molar-refractivity contribution is 9.10. The van der Waals surface area contributed by atoms with Gasteiger partial charge in [-0.1, -0.05) is 30.4 Å². The van der Waals surface area contributed by atoms with Gasteiger partial charge in [0.1, 0.15) is 4.32 Å². The Labute approximate surface area is 175 Å². The Morgan fingerprint density at radius 3 is 2.78 bits per heavy atom. The van der Waals surface area contributed by atoms with Gasteiger partial charge in [-0.3, -0.25) is 14.5 Å². The number of carbonyl (C=O) groups excluding carboxylic acids is 1. The van der Waals surface area contributed by atoms with E-state index in [1.807, 2.05) is 6.92 Å². The Bertz CT molecular complexity index is 781. The van der Waals surface area contributed by atoms with Crippen molar-refractivity contribution in [2.75, 3.05) is 13.2 Å². The number of rotatable bonds is 9. The van der Waals surface area contributed by atoms with Crippen LogP contribution in [-0.2, 0) is 9.59 Å². The molecule has 0 aliphatic carbocycles. The number of hydrogen-bond acceptors (Lipinski definition) is 6. The predicted octanol–water partition coefficient (Wildman–Crippen LogP) is 4.40. The number of thiocarbonyl (C=S) groups is 1. The molecule has 1 aliphatic heterocycles. The summed E-state index contributed by atoms with van der Waals surface area (Å²) in [4.78, 5) is 25.2. The SMILES string of the molecule is CCOc1cc(/C=C2\SC(=S)N(CCCCCC(=O)O)C2=O)cc(Br)c1O. The minimum atomic E-state index is -0.810. The maximum atomic E-state index is 12.6. The zero-order valence-electron chi connectivity index (χ0n) is 14.7. The maximum absolute atomic E-state index is 12.6. The molecular formula is C18H20BrNO5S2. The lowest BCUT2D eigenvalue weighted by Crippen LogP contribution is -2.29. The van der Waals surface area contributed by atoms with Crippen LogP contribution in [0.1, 0.15) is 38.2 Å². The highest BCUT2D eigenvalue weighted by Gasteiger charge is 2.31. The van der Waals surface area contributed by atoms with Crippen LogP contribution in [0.5, 0.6) is 11.5 Å². The van der Waals surface area contributed by atoms with Gasteiger partial charge in [0.25, 0.3) is 5.91 Å². The van der Waals surface area contributed by atoms with Crippen molar-refractivity contribution in [3.63, 3.8) is 0 Å².